The number of allylic oxidation sites excluding steroid dienone is 1. The third kappa shape index (κ3) is 5.06. The number of hydrogen-bond donors (Lipinski definition) is 0. The zero-order valence-corrected chi connectivity index (χ0v) is 22.8. The van der Waals surface area contributed by atoms with Gasteiger partial charge in [0, 0.05) is 23.9 Å². The van der Waals surface area contributed by atoms with Crippen molar-refractivity contribution in [2.24, 2.45) is 0 Å². The highest BCUT2D eigenvalue weighted by Gasteiger charge is 2.24. The molecule has 42 heavy (non-hydrogen) atoms. The van der Waals surface area contributed by atoms with Gasteiger partial charge in [-0.15, -0.1) is 0 Å². The van der Waals surface area contributed by atoms with E-state index in [0.717, 1.165) is 22.4 Å². The lowest BCUT2D eigenvalue weighted by Gasteiger charge is -2.04. The van der Waals surface area contributed by atoms with Gasteiger partial charge in [0.05, 0.1) is 39.5 Å². The van der Waals surface area contributed by atoms with Gasteiger partial charge in [-0.3, -0.25) is 14.9 Å². The van der Waals surface area contributed by atoms with Crippen LogP contribution in [0.15, 0.2) is 114 Å². The molecule has 9 heteroatoms. The van der Waals surface area contributed by atoms with Crippen LogP contribution in [0.2, 0.25) is 0 Å². The molecule has 0 aliphatic carbocycles. The molecule has 0 radical (unpaired) electrons. The maximum absolute atomic E-state index is 13.8. The van der Waals surface area contributed by atoms with Crippen LogP contribution in [0, 0.1) is 24.0 Å². The van der Waals surface area contributed by atoms with E-state index in [4.69, 9.17) is 9.52 Å². The SMILES string of the molecule is Cc1ccc(-c2cn(-c3ccccc3)nc2/C=C/C(=O)c2c(-c3ccco3)nn(-c3ccc([N+](=O)[O-])cc3)c2C)cc1. The predicted octanol–water partition coefficient (Wildman–Crippen LogP) is 7.41. The summed E-state index contributed by atoms with van der Waals surface area (Å²) in [5.74, 6) is 0.153. The van der Waals surface area contributed by atoms with Gasteiger partial charge in [-0.2, -0.15) is 10.2 Å². The third-order valence-corrected chi connectivity index (χ3v) is 6.94. The molecular formula is C33H25N5O4. The Morgan fingerprint density at radius 3 is 2.29 bits per heavy atom. The van der Waals surface area contributed by atoms with Crippen LogP contribution in [0.25, 0.3) is 40.0 Å². The van der Waals surface area contributed by atoms with Crippen LogP contribution in [0.3, 0.4) is 0 Å². The Bertz CT molecular complexity index is 1920. The first-order valence-corrected chi connectivity index (χ1v) is 13.2. The number of carbonyl (C=O) groups excluding carboxylic acids is 1. The Morgan fingerprint density at radius 2 is 1.62 bits per heavy atom. The van der Waals surface area contributed by atoms with Gasteiger partial charge < -0.3 is 4.42 Å². The molecule has 0 aliphatic heterocycles. The van der Waals surface area contributed by atoms with Crippen molar-refractivity contribution >= 4 is 17.5 Å². The lowest BCUT2D eigenvalue weighted by atomic mass is 10.0. The van der Waals surface area contributed by atoms with E-state index >= 15 is 0 Å². The van der Waals surface area contributed by atoms with Crippen molar-refractivity contribution in [1.29, 1.82) is 0 Å². The highest BCUT2D eigenvalue weighted by atomic mass is 16.6. The Labute approximate surface area is 241 Å². The Morgan fingerprint density at radius 1 is 0.881 bits per heavy atom. The largest absolute Gasteiger partial charge is 0.463 e. The second-order valence-corrected chi connectivity index (χ2v) is 9.74. The van der Waals surface area contributed by atoms with Crippen molar-refractivity contribution < 1.29 is 14.1 Å². The predicted molar refractivity (Wildman–Crippen MR) is 160 cm³/mol. The number of aromatic nitrogens is 4. The first-order valence-electron chi connectivity index (χ1n) is 13.2. The second kappa shape index (κ2) is 11.0. The van der Waals surface area contributed by atoms with E-state index in [1.807, 2.05) is 67.7 Å². The molecule has 6 rings (SSSR count). The number of nitro groups is 1. The Balaban J connectivity index is 1.41. The highest BCUT2D eigenvalue weighted by Crippen LogP contribution is 2.30. The monoisotopic (exact) mass is 555 g/mol. The number of nitrogens with zero attached hydrogens (tertiary/aromatic N) is 5. The quantitative estimate of drug-likeness (QED) is 0.0837. The van der Waals surface area contributed by atoms with Crippen LogP contribution in [-0.4, -0.2) is 30.3 Å². The van der Waals surface area contributed by atoms with Crippen molar-refractivity contribution in [3.63, 3.8) is 0 Å². The number of furan rings is 1. The smallest absolute Gasteiger partial charge is 0.269 e. The van der Waals surface area contributed by atoms with E-state index in [-0.39, 0.29) is 11.5 Å². The molecule has 0 amide bonds. The summed E-state index contributed by atoms with van der Waals surface area (Å²) >= 11 is 0. The molecule has 0 aliphatic rings. The first kappa shape index (κ1) is 26.4. The van der Waals surface area contributed by atoms with Gasteiger partial charge in [0.2, 0.25) is 0 Å². The van der Waals surface area contributed by atoms with Gasteiger partial charge in [-0.25, -0.2) is 9.36 Å². The number of hydrogen-bond acceptors (Lipinski definition) is 6. The zero-order chi connectivity index (χ0) is 29.2. The topological polar surface area (TPSA) is 109 Å². The number of nitro benzene ring substituents is 1. The fourth-order valence-corrected chi connectivity index (χ4v) is 4.77. The van der Waals surface area contributed by atoms with Crippen LogP contribution in [0.1, 0.15) is 27.3 Å². The molecule has 0 N–H and O–H groups in total. The lowest BCUT2D eigenvalue weighted by Crippen LogP contribution is -2.02. The molecule has 0 unspecified atom stereocenters. The average molecular weight is 556 g/mol. The summed E-state index contributed by atoms with van der Waals surface area (Å²) in [5.41, 5.74) is 6.39. The molecule has 0 saturated carbocycles. The van der Waals surface area contributed by atoms with E-state index in [2.05, 4.69) is 5.10 Å². The molecule has 206 valence electrons. The van der Waals surface area contributed by atoms with Crippen LogP contribution >= 0.6 is 0 Å². The molecule has 0 bridgehead atoms. The van der Waals surface area contributed by atoms with Gasteiger partial charge in [0.15, 0.2) is 11.5 Å². The number of non-ortho nitro benzene ring substituents is 1. The summed E-state index contributed by atoms with van der Waals surface area (Å²) in [6.07, 6.45) is 6.68. The Hall–Kier alpha value is -5.83. The van der Waals surface area contributed by atoms with Crippen molar-refractivity contribution in [3.8, 4) is 34.0 Å². The fraction of sp³-hybridized carbons (Fsp3) is 0.0606. The lowest BCUT2D eigenvalue weighted by molar-refractivity contribution is -0.384. The number of aryl methyl sites for hydroxylation is 1. The second-order valence-electron chi connectivity index (χ2n) is 9.74. The van der Waals surface area contributed by atoms with Gasteiger partial charge in [0.25, 0.3) is 5.69 Å². The van der Waals surface area contributed by atoms with Crippen LogP contribution < -0.4 is 0 Å². The normalized spacial score (nSPS) is 11.3. The van der Waals surface area contributed by atoms with Crippen molar-refractivity contribution in [2.75, 3.05) is 0 Å². The first-order chi connectivity index (χ1) is 20.4. The molecule has 3 heterocycles. The number of rotatable bonds is 8. The molecule has 6 aromatic rings. The molecule has 9 nitrogen and oxygen atoms in total. The van der Waals surface area contributed by atoms with E-state index in [1.165, 1.54) is 24.5 Å². The van der Waals surface area contributed by atoms with Crippen LogP contribution in [0.5, 0.6) is 0 Å². The highest BCUT2D eigenvalue weighted by molar-refractivity contribution is 6.11. The minimum Gasteiger partial charge on any atom is -0.463 e. The van der Waals surface area contributed by atoms with Crippen LogP contribution in [0.4, 0.5) is 5.69 Å². The van der Waals surface area contributed by atoms with E-state index < -0.39 is 4.92 Å². The van der Waals surface area contributed by atoms with Crippen molar-refractivity contribution in [1.82, 2.24) is 19.6 Å². The maximum atomic E-state index is 13.8. The summed E-state index contributed by atoms with van der Waals surface area (Å²) in [4.78, 5) is 24.5. The summed E-state index contributed by atoms with van der Waals surface area (Å²) < 4.78 is 8.99. The average Bonchev–Trinajstić information content (AvgIpc) is 3.76. The minimum atomic E-state index is -0.461. The number of benzene rings is 3. The molecule has 3 aromatic carbocycles. The third-order valence-electron chi connectivity index (χ3n) is 6.94. The number of para-hydroxylation sites is 1. The standard InChI is InChI=1S/C33H25N5O4/c1-22-10-12-24(13-11-22)28-21-36(25-7-4-3-5-8-25)34-29(28)18-19-30(39)32-23(2)37(35-33(32)31-9-6-20-42-31)26-14-16-27(17-15-26)38(40)41/h3-21H,1-2H3/b19-18+. The maximum Gasteiger partial charge on any atom is 0.269 e. The number of ketones is 1. The molecule has 3 aromatic heterocycles. The Kier molecular flexibility index (Phi) is 6.90. The van der Waals surface area contributed by atoms with Gasteiger partial charge in [-0.1, -0.05) is 48.0 Å². The van der Waals surface area contributed by atoms with Gasteiger partial charge in [-0.05, 0) is 68.0 Å². The molecular weight excluding hydrogens is 530 g/mol. The van der Waals surface area contributed by atoms with Crippen LogP contribution in [-0.2, 0) is 0 Å². The van der Waals surface area contributed by atoms with Crippen molar-refractivity contribution in [2.45, 2.75) is 13.8 Å². The van der Waals surface area contributed by atoms with E-state index in [1.54, 1.807) is 46.6 Å². The van der Waals surface area contributed by atoms with E-state index in [9.17, 15) is 14.9 Å². The number of carbonyl (C=O) groups is 1. The fourth-order valence-electron chi connectivity index (χ4n) is 4.77. The van der Waals surface area contributed by atoms with Crippen molar-refractivity contribution in [3.05, 3.63) is 142 Å². The minimum absolute atomic E-state index is 0.0339. The summed E-state index contributed by atoms with van der Waals surface area (Å²) in [5, 5.41) is 20.6. The van der Waals surface area contributed by atoms with Gasteiger partial charge >= 0.3 is 0 Å². The zero-order valence-electron chi connectivity index (χ0n) is 22.8. The molecule has 0 atom stereocenters. The summed E-state index contributed by atoms with van der Waals surface area (Å²) in [7, 11) is 0. The molecule has 0 fully saturated rings. The molecule has 0 spiro atoms. The molecule has 0 saturated heterocycles. The summed E-state index contributed by atoms with van der Waals surface area (Å²) in [6, 6.07) is 27.4. The van der Waals surface area contributed by atoms with E-state index in [0.29, 0.717) is 34.1 Å². The van der Waals surface area contributed by atoms with Gasteiger partial charge in [0.1, 0.15) is 5.69 Å². The summed E-state index contributed by atoms with van der Waals surface area (Å²) in [6.45, 7) is 3.82.